The molecule has 3 aromatic rings. The van der Waals surface area contributed by atoms with Gasteiger partial charge in [-0.2, -0.15) is 22.0 Å². The maximum absolute atomic E-state index is 14.8. The molecule has 2 atom stereocenters. The van der Waals surface area contributed by atoms with Crippen molar-refractivity contribution in [1.29, 1.82) is 0 Å². The van der Waals surface area contributed by atoms with E-state index in [9.17, 15) is 31.9 Å². The summed E-state index contributed by atoms with van der Waals surface area (Å²) in [5.41, 5.74) is -2.28. The number of ether oxygens (including phenoxy) is 1. The van der Waals surface area contributed by atoms with Gasteiger partial charge in [-0.05, 0) is 73.1 Å². The lowest BCUT2D eigenvalue weighted by atomic mass is 9.75. The largest absolute Gasteiger partial charge is 0.497 e. The van der Waals surface area contributed by atoms with Crippen LogP contribution in [-0.2, 0) is 6.42 Å². The summed E-state index contributed by atoms with van der Waals surface area (Å²) in [6, 6.07) is 12.0. The van der Waals surface area contributed by atoms with Gasteiger partial charge in [-0.3, -0.25) is 9.79 Å². The molecule has 1 aliphatic carbocycles. The van der Waals surface area contributed by atoms with E-state index in [1.165, 1.54) is 31.4 Å². The molecule has 0 amide bonds. The van der Waals surface area contributed by atoms with Gasteiger partial charge in [0.15, 0.2) is 5.60 Å². The molecule has 186 valence electrons. The number of fused-ring (bicyclic) bond motifs is 2. The van der Waals surface area contributed by atoms with Crippen LogP contribution in [-0.4, -0.2) is 41.1 Å². The van der Waals surface area contributed by atoms with Gasteiger partial charge in [0, 0.05) is 17.7 Å². The van der Waals surface area contributed by atoms with Crippen LogP contribution in [0, 0.1) is 0 Å². The number of rotatable bonds is 6. The van der Waals surface area contributed by atoms with Crippen molar-refractivity contribution < 1.29 is 31.8 Å². The molecular weight excluding hydrogens is 471 g/mol. The fourth-order valence-corrected chi connectivity index (χ4v) is 4.57. The first-order valence-corrected chi connectivity index (χ1v) is 11.0. The van der Waals surface area contributed by atoms with Gasteiger partial charge in [-0.1, -0.05) is 12.1 Å². The number of hydrogen-bond acceptors (Lipinski definition) is 4. The van der Waals surface area contributed by atoms with E-state index in [0.717, 1.165) is 5.56 Å². The third-order valence-corrected chi connectivity index (χ3v) is 6.41. The van der Waals surface area contributed by atoms with E-state index in [-0.39, 0.29) is 11.9 Å². The highest BCUT2D eigenvalue weighted by atomic mass is 19.4. The van der Waals surface area contributed by atoms with E-state index in [1.807, 2.05) is 0 Å². The van der Waals surface area contributed by atoms with Crippen LogP contribution < -0.4 is 10.3 Å². The third kappa shape index (κ3) is 4.67. The molecule has 0 saturated carbocycles. The summed E-state index contributed by atoms with van der Waals surface area (Å²) in [7, 11) is 1.48. The smallest absolute Gasteiger partial charge is 0.456 e. The topological polar surface area (TPSA) is 74.7 Å². The molecule has 1 heterocycles. The zero-order chi connectivity index (χ0) is 25.4. The maximum atomic E-state index is 14.8. The summed E-state index contributed by atoms with van der Waals surface area (Å²) in [4.78, 5) is 18.0. The van der Waals surface area contributed by atoms with Crippen LogP contribution in [0.5, 0.6) is 5.75 Å². The van der Waals surface area contributed by atoms with Crippen molar-refractivity contribution in [3.05, 3.63) is 70.0 Å². The Bertz CT molecular complexity index is 1320. The Hall–Kier alpha value is -3.27. The van der Waals surface area contributed by atoms with Crippen molar-refractivity contribution in [1.82, 2.24) is 4.98 Å². The number of aliphatic hydroxyl groups is 1. The Morgan fingerprint density at radius 1 is 1.14 bits per heavy atom. The molecule has 5 nitrogen and oxygen atoms in total. The van der Waals surface area contributed by atoms with Crippen LogP contribution in [0.3, 0.4) is 0 Å². The molecule has 2 unspecified atom stereocenters. The first-order chi connectivity index (χ1) is 16.4. The number of aryl methyl sites for hydroxylation is 1. The monoisotopic (exact) mass is 494 g/mol. The summed E-state index contributed by atoms with van der Waals surface area (Å²) in [6.45, 7) is 0. The number of nitrogens with one attached hydrogen (secondary N) is 1. The van der Waals surface area contributed by atoms with E-state index in [1.54, 1.807) is 24.3 Å². The fraction of sp³-hybridized carbons (Fsp3) is 0.360. The number of aromatic amines is 1. The molecule has 0 spiro atoms. The number of aliphatic imine (C=N–C) groups is 1. The van der Waals surface area contributed by atoms with Crippen molar-refractivity contribution in [2.75, 3.05) is 7.11 Å². The van der Waals surface area contributed by atoms with E-state index in [2.05, 4.69) is 9.98 Å². The molecule has 0 aliphatic heterocycles. The average molecular weight is 494 g/mol. The molecule has 2 aromatic carbocycles. The minimum Gasteiger partial charge on any atom is -0.497 e. The van der Waals surface area contributed by atoms with Gasteiger partial charge in [0.05, 0.1) is 18.3 Å². The second-order valence-corrected chi connectivity index (χ2v) is 8.67. The van der Waals surface area contributed by atoms with E-state index >= 15 is 0 Å². The average Bonchev–Trinajstić information content (AvgIpc) is 2.81. The number of aromatic nitrogens is 1. The number of H-pyrrole nitrogens is 1. The molecule has 10 heteroatoms. The number of nitrogens with zero attached hydrogens (tertiary/aromatic N) is 1. The van der Waals surface area contributed by atoms with Crippen LogP contribution in [0.4, 0.5) is 27.6 Å². The second-order valence-electron chi connectivity index (χ2n) is 8.67. The van der Waals surface area contributed by atoms with Crippen molar-refractivity contribution in [3.8, 4) is 5.75 Å². The summed E-state index contributed by atoms with van der Waals surface area (Å²) >= 11 is 0. The van der Waals surface area contributed by atoms with Gasteiger partial charge in [0.25, 0.3) is 0 Å². The molecular formula is C25H23F5N2O3. The molecule has 1 aromatic heterocycles. The van der Waals surface area contributed by atoms with Crippen molar-refractivity contribution in [3.63, 3.8) is 0 Å². The van der Waals surface area contributed by atoms with Crippen LogP contribution in [0.2, 0.25) is 0 Å². The van der Waals surface area contributed by atoms with E-state index < -0.39 is 35.6 Å². The fourth-order valence-electron chi connectivity index (χ4n) is 4.57. The lowest BCUT2D eigenvalue weighted by Gasteiger charge is -2.38. The summed E-state index contributed by atoms with van der Waals surface area (Å²) in [6.07, 6.45) is -5.08. The standard InChI is InChI=1S/C25H23F5N2O3/c1-35-17-8-9-18-15(12-17)4-2-5-16(18)13-23(34,24(26,27)25(28,29)30)14-31-20-6-3-7-21-19(20)10-11-22(33)32-21/h3,6-12,14,16,34H,2,4-5,13H2,1H3,(H,32,33). The minimum absolute atomic E-state index is 0.0314. The number of pyridine rings is 1. The number of alkyl halides is 5. The van der Waals surface area contributed by atoms with Gasteiger partial charge in [0.1, 0.15) is 5.75 Å². The maximum Gasteiger partial charge on any atom is 0.456 e. The number of hydrogen-bond donors (Lipinski definition) is 2. The highest BCUT2D eigenvalue weighted by Crippen LogP contribution is 2.48. The van der Waals surface area contributed by atoms with E-state index in [0.29, 0.717) is 41.5 Å². The summed E-state index contributed by atoms with van der Waals surface area (Å²) in [5, 5.41) is 11.3. The summed E-state index contributed by atoms with van der Waals surface area (Å²) in [5.74, 6) is -5.67. The summed E-state index contributed by atoms with van der Waals surface area (Å²) < 4.78 is 75.1. The number of benzene rings is 2. The molecule has 0 fully saturated rings. The molecule has 2 N–H and O–H groups in total. The lowest BCUT2D eigenvalue weighted by Crippen LogP contribution is -2.58. The molecule has 35 heavy (non-hydrogen) atoms. The highest BCUT2D eigenvalue weighted by molar-refractivity contribution is 5.91. The molecule has 0 saturated heterocycles. The van der Waals surface area contributed by atoms with Gasteiger partial charge in [-0.25, -0.2) is 0 Å². The first kappa shape index (κ1) is 24.8. The molecule has 4 rings (SSSR count). The van der Waals surface area contributed by atoms with Gasteiger partial charge >= 0.3 is 12.1 Å². The SMILES string of the molecule is COc1ccc2c(c1)CCCC2CC(O)(C=Nc1cccc2[nH]c(=O)ccc12)C(F)(F)C(F)(F)F. The van der Waals surface area contributed by atoms with Gasteiger partial charge in [-0.15, -0.1) is 0 Å². The third-order valence-electron chi connectivity index (χ3n) is 6.41. The van der Waals surface area contributed by atoms with Crippen LogP contribution >= 0.6 is 0 Å². The molecule has 0 bridgehead atoms. The Morgan fingerprint density at radius 3 is 2.63 bits per heavy atom. The van der Waals surface area contributed by atoms with Crippen molar-refractivity contribution in [2.24, 2.45) is 4.99 Å². The Labute approximate surface area is 197 Å². The zero-order valence-electron chi connectivity index (χ0n) is 18.7. The highest BCUT2D eigenvalue weighted by Gasteiger charge is 2.69. The molecule has 1 aliphatic rings. The number of methoxy groups -OCH3 is 1. The van der Waals surface area contributed by atoms with Gasteiger partial charge < -0.3 is 14.8 Å². The quantitative estimate of drug-likeness (QED) is 0.342. The van der Waals surface area contributed by atoms with Gasteiger partial charge in [0.2, 0.25) is 5.56 Å². The Morgan fingerprint density at radius 2 is 1.91 bits per heavy atom. The van der Waals surface area contributed by atoms with Crippen LogP contribution in [0.1, 0.15) is 36.3 Å². The second kappa shape index (κ2) is 9.07. The van der Waals surface area contributed by atoms with E-state index in [4.69, 9.17) is 4.74 Å². The Kier molecular flexibility index (Phi) is 6.44. The van der Waals surface area contributed by atoms with Crippen molar-refractivity contribution >= 4 is 22.8 Å². The van der Waals surface area contributed by atoms with Crippen LogP contribution in [0.15, 0.2) is 58.3 Å². The normalized spacial score (nSPS) is 18.4. The van der Waals surface area contributed by atoms with Crippen molar-refractivity contribution in [2.45, 2.75) is 49.3 Å². The first-order valence-electron chi connectivity index (χ1n) is 11.0. The minimum atomic E-state index is -6.00. The van der Waals surface area contributed by atoms with Crippen LogP contribution in [0.25, 0.3) is 10.9 Å². The lowest BCUT2D eigenvalue weighted by molar-refractivity contribution is -0.327. The predicted molar refractivity (Wildman–Crippen MR) is 122 cm³/mol. The molecule has 0 radical (unpaired) electrons. The Balaban J connectivity index is 1.77. The number of halogens is 5. The predicted octanol–water partition coefficient (Wildman–Crippen LogP) is 5.68. The zero-order valence-corrected chi connectivity index (χ0v) is 18.7.